The van der Waals surface area contributed by atoms with Crippen molar-refractivity contribution in [3.63, 3.8) is 0 Å². The van der Waals surface area contributed by atoms with Crippen LogP contribution < -0.4 is 9.64 Å². The van der Waals surface area contributed by atoms with E-state index in [0.717, 1.165) is 99.8 Å². The van der Waals surface area contributed by atoms with E-state index in [1.165, 1.54) is 0 Å². The van der Waals surface area contributed by atoms with Gasteiger partial charge in [0.1, 0.15) is 16.9 Å². The molecule has 0 atom stereocenters. The second kappa shape index (κ2) is 12.7. The number of hydrogen-bond donors (Lipinski definition) is 0. The molecule has 1 aliphatic rings. The number of fused-ring (bicyclic) bond motifs is 7. The summed E-state index contributed by atoms with van der Waals surface area (Å²) in [6, 6.07) is 30.8. The zero-order valence-corrected chi connectivity index (χ0v) is 27.0. The first-order chi connectivity index (χ1) is 22.6. The molecule has 0 N–H and O–H groups in total. The maximum atomic E-state index is 7.06. The number of benzene rings is 5. The summed E-state index contributed by atoms with van der Waals surface area (Å²) < 4.78 is 21.0. The number of hydrogen-bond acceptors (Lipinski definition) is 5. The molecule has 0 aliphatic carbocycles. The van der Waals surface area contributed by atoms with Gasteiger partial charge in [0.25, 0.3) is 0 Å². The van der Waals surface area contributed by atoms with Gasteiger partial charge in [-0.05, 0) is 54.8 Å². The lowest BCUT2D eigenvalue weighted by Crippen LogP contribution is -2.28. The number of unbranched alkanes of at least 4 members (excludes halogenated alkanes) is 2. The molecule has 232 valence electrons. The summed E-state index contributed by atoms with van der Waals surface area (Å²) in [6.45, 7) is 8.27. The molecule has 2 heterocycles. The largest absolute Gasteiger partial charge is 0.452 e. The third kappa shape index (κ3) is 5.28. The van der Waals surface area contributed by atoms with Crippen LogP contribution in [0.4, 0.5) is 5.69 Å². The van der Waals surface area contributed by atoms with Gasteiger partial charge in [0, 0.05) is 36.5 Å². The van der Waals surface area contributed by atoms with Crippen LogP contribution in [0.5, 0.6) is 11.5 Å². The molecule has 7 rings (SSSR count). The predicted molar refractivity (Wildman–Crippen MR) is 192 cm³/mol. The van der Waals surface area contributed by atoms with Crippen LogP contribution in [0.25, 0.3) is 43.9 Å². The van der Waals surface area contributed by atoms with Crippen LogP contribution in [0.2, 0.25) is 0 Å². The van der Waals surface area contributed by atoms with E-state index < -0.39 is 0 Å². The van der Waals surface area contributed by atoms with Crippen LogP contribution in [0, 0.1) is 0 Å². The van der Waals surface area contributed by atoms with Gasteiger partial charge in [-0.2, -0.15) is 0 Å². The van der Waals surface area contributed by atoms with E-state index in [1.807, 2.05) is 42.5 Å². The first-order valence-electron chi connectivity index (χ1n) is 16.3. The minimum absolute atomic E-state index is 0.521. The lowest BCUT2D eigenvalue weighted by molar-refractivity contribution is 0.471. The van der Waals surface area contributed by atoms with E-state index in [-0.39, 0.29) is 0 Å². The molecule has 0 bridgehead atoms. The van der Waals surface area contributed by atoms with Crippen molar-refractivity contribution in [1.29, 1.82) is 0 Å². The average molecular weight is 610 g/mol. The van der Waals surface area contributed by atoms with E-state index in [1.54, 1.807) is 7.05 Å². The Bertz CT molecular complexity index is 2190. The first-order valence-corrected chi connectivity index (χ1v) is 16.3. The summed E-state index contributed by atoms with van der Waals surface area (Å²) in [4.78, 5) is 12.1. The molecule has 0 radical (unpaired) electrons. The van der Waals surface area contributed by atoms with Crippen molar-refractivity contribution < 1.29 is 13.6 Å². The van der Waals surface area contributed by atoms with Gasteiger partial charge < -0.3 is 18.5 Å². The van der Waals surface area contributed by atoms with Gasteiger partial charge in [-0.3, -0.25) is 4.99 Å². The number of rotatable bonds is 9. The molecule has 6 nitrogen and oxygen atoms in total. The highest BCUT2D eigenvalue weighted by molar-refractivity contribution is 6.30. The average Bonchev–Trinajstić information content (AvgIpc) is 3.41. The molecule has 0 unspecified atom stereocenters. The maximum Gasteiger partial charge on any atom is 0.215 e. The molecule has 0 saturated heterocycles. The Morgan fingerprint density at radius 2 is 1.33 bits per heavy atom. The lowest BCUT2D eigenvalue weighted by atomic mass is 9.99. The van der Waals surface area contributed by atoms with Gasteiger partial charge in [0.2, 0.25) is 5.58 Å². The van der Waals surface area contributed by atoms with E-state index in [9.17, 15) is 0 Å². The second-order valence-electron chi connectivity index (χ2n) is 11.8. The van der Waals surface area contributed by atoms with Crippen molar-refractivity contribution in [2.75, 3.05) is 25.0 Å². The van der Waals surface area contributed by atoms with Crippen molar-refractivity contribution in [1.82, 2.24) is 0 Å². The van der Waals surface area contributed by atoms with Gasteiger partial charge in [0.05, 0.1) is 17.0 Å². The molecule has 0 spiro atoms. The summed E-state index contributed by atoms with van der Waals surface area (Å²) in [6.07, 6.45) is 4.25. The molecule has 5 aromatic carbocycles. The van der Waals surface area contributed by atoms with Gasteiger partial charge in [-0.25, -0.2) is 4.99 Å². The normalized spacial score (nSPS) is 13.5. The zero-order chi connectivity index (χ0) is 31.6. The Labute approximate surface area is 269 Å². The van der Waals surface area contributed by atoms with Crippen molar-refractivity contribution in [2.24, 2.45) is 9.98 Å². The minimum Gasteiger partial charge on any atom is -0.452 e. The van der Waals surface area contributed by atoms with Gasteiger partial charge in [-0.1, -0.05) is 93.4 Å². The monoisotopic (exact) mass is 609 g/mol. The molecule has 0 saturated carbocycles. The van der Waals surface area contributed by atoms with E-state index in [4.69, 9.17) is 18.6 Å². The van der Waals surface area contributed by atoms with E-state index >= 15 is 0 Å². The highest BCUT2D eigenvalue weighted by Crippen LogP contribution is 2.48. The molecule has 0 amide bonds. The molecule has 0 fully saturated rings. The number of para-hydroxylation sites is 2. The van der Waals surface area contributed by atoms with Crippen LogP contribution >= 0.6 is 0 Å². The van der Waals surface area contributed by atoms with E-state index in [0.29, 0.717) is 22.8 Å². The van der Waals surface area contributed by atoms with Crippen LogP contribution in [-0.2, 0) is 0 Å². The third-order valence-electron chi connectivity index (χ3n) is 8.72. The summed E-state index contributed by atoms with van der Waals surface area (Å²) in [5, 5.41) is 4.17. The number of amidine groups is 1. The Hall–Kier alpha value is -5.10. The summed E-state index contributed by atoms with van der Waals surface area (Å²) in [5.41, 5.74) is 6.22. The minimum atomic E-state index is 0.521. The number of anilines is 1. The third-order valence-corrected chi connectivity index (χ3v) is 8.72. The Balaban J connectivity index is 1.66. The van der Waals surface area contributed by atoms with Crippen molar-refractivity contribution in [3.8, 4) is 11.5 Å². The number of ether oxygens (including phenoxy) is 1. The van der Waals surface area contributed by atoms with Gasteiger partial charge in [-0.15, -0.1) is 0 Å². The molecule has 1 aromatic heterocycles. The molecule has 6 heteroatoms. The number of aliphatic imine (C=N–C) groups is 2. The summed E-state index contributed by atoms with van der Waals surface area (Å²) in [7, 11) is 1.78. The lowest BCUT2D eigenvalue weighted by Gasteiger charge is -2.29. The van der Waals surface area contributed by atoms with Gasteiger partial charge in [0.15, 0.2) is 17.2 Å². The fourth-order valence-corrected chi connectivity index (χ4v) is 6.41. The first kappa shape index (κ1) is 29.6. The topological polar surface area (TPSA) is 63.5 Å². The maximum absolute atomic E-state index is 7.06. The molecule has 1 aliphatic heterocycles. The van der Waals surface area contributed by atoms with Crippen molar-refractivity contribution >= 4 is 61.1 Å². The van der Waals surface area contributed by atoms with Crippen LogP contribution in [0.3, 0.4) is 0 Å². The van der Waals surface area contributed by atoms with E-state index in [2.05, 4.69) is 79.2 Å². The number of nitrogens with zero attached hydrogens (tertiary/aromatic N) is 3. The highest BCUT2D eigenvalue weighted by atomic mass is 16.5. The Kier molecular flexibility index (Phi) is 8.18. The van der Waals surface area contributed by atoms with Crippen LogP contribution in [0.1, 0.15) is 57.6 Å². The molecular weight excluding hydrogens is 570 g/mol. The Morgan fingerprint density at radius 1 is 0.717 bits per heavy atom. The standard InChI is InChI=1S/C40H39N3O3/c1-5-7-23-43(24-8-6-2)36-34-26(3)42-40(41-4)35(34)37-39(38(36)44-29-22-21-27-15-9-10-16-28(27)25-29)46-33-20-14-12-18-31(33)30-17-11-13-19-32(30)45-37/h9-22,25H,5-8,23-24H2,1-4H3. The van der Waals surface area contributed by atoms with Crippen LogP contribution in [0.15, 0.2) is 110 Å². The van der Waals surface area contributed by atoms with Crippen molar-refractivity contribution in [2.45, 2.75) is 46.5 Å². The quantitative estimate of drug-likeness (QED) is 0.164. The molecular formula is C40H39N3O3. The predicted octanol–water partition coefficient (Wildman–Crippen LogP) is 11.0. The summed E-state index contributed by atoms with van der Waals surface area (Å²) >= 11 is 0. The smallest absolute Gasteiger partial charge is 0.215 e. The molecule has 46 heavy (non-hydrogen) atoms. The Morgan fingerprint density at radius 3 is 1.98 bits per heavy atom. The SMILES string of the molecule is CCCCN(CCCC)c1c2c(c3oc4ccccc4c4ccccc4oc3c1Oc1ccc3ccccc3c1)C(=NC)N=C2C. The van der Waals surface area contributed by atoms with Crippen LogP contribution in [-0.4, -0.2) is 31.7 Å². The fraction of sp³-hybridized carbons (Fsp3) is 0.250. The van der Waals surface area contributed by atoms with Gasteiger partial charge >= 0.3 is 0 Å². The second-order valence-corrected chi connectivity index (χ2v) is 11.8. The highest BCUT2D eigenvalue weighted by Gasteiger charge is 2.34. The van der Waals surface area contributed by atoms with Crippen molar-refractivity contribution in [3.05, 3.63) is 102 Å². The molecule has 6 aromatic rings. The zero-order valence-electron chi connectivity index (χ0n) is 27.0. The fourth-order valence-electron chi connectivity index (χ4n) is 6.41. The summed E-state index contributed by atoms with van der Waals surface area (Å²) in [5.74, 6) is 1.98.